The molecular weight excluding hydrogens is 667 g/mol. The Morgan fingerprint density at radius 2 is 1.02 bits per heavy atom. The third-order valence-electron chi connectivity index (χ3n) is 8.11. The van der Waals surface area contributed by atoms with Crippen LogP contribution in [0.4, 0.5) is 0 Å². The summed E-state index contributed by atoms with van der Waals surface area (Å²) in [5, 5.41) is 41.7. The summed E-state index contributed by atoms with van der Waals surface area (Å²) in [6.07, 6.45) is -8.33. The van der Waals surface area contributed by atoms with E-state index in [1.165, 1.54) is 72.6 Å². The van der Waals surface area contributed by atoms with Crippen molar-refractivity contribution in [1.29, 1.82) is 0 Å². The van der Waals surface area contributed by atoms with E-state index in [1.54, 1.807) is 0 Å². The third-order valence-corrected chi connectivity index (χ3v) is 13.7. The fourth-order valence-corrected chi connectivity index (χ4v) is 8.87. The van der Waals surface area contributed by atoms with E-state index in [0.29, 0.717) is 0 Å². The molecule has 1 aliphatic rings. The molecule has 1 saturated heterocycles. The molecule has 0 aromatic heterocycles. The normalized spacial score (nSPS) is 23.5. The number of rotatable bonds is 9. The molecule has 4 aromatic carbocycles. The molecule has 0 aliphatic carbocycles. The van der Waals surface area contributed by atoms with E-state index in [9.17, 15) is 45.7 Å². The summed E-state index contributed by atoms with van der Waals surface area (Å²) in [7, 11) is -4.99. The number of sulfonamides is 3. The second-order valence-electron chi connectivity index (χ2n) is 11.5. The van der Waals surface area contributed by atoms with Crippen LogP contribution in [-0.4, -0.2) is 138 Å². The number of hydrogen-bond donors (Lipinski definition) is 4. The predicted octanol–water partition coefficient (Wildman–Crippen LogP) is -0.486. The van der Waals surface area contributed by atoms with Crippen molar-refractivity contribution in [3.05, 3.63) is 36.4 Å². The van der Waals surface area contributed by atoms with Crippen molar-refractivity contribution in [3.63, 3.8) is 0 Å². The number of ether oxygens (including phenoxy) is 2. The van der Waals surface area contributed by atoms with Crippen molar-refractivity contribution in [2.24, 2.45) is 0 Å². The second kappa shape index (κ2) is 11.7. The fraction of sp³-hybridized carbons (Fsp3) is 0.429. The minimum Gasteiger partial charge on any atom is -0.461 e. The summed E-state index contributed by atoms with van der Waals surface area (Å²) >= 11 is 0. The minimum absolute atomic E-state index is 0.109. The fourth-order valence-electron chi connectivity index (χ4n) is 5.48. The Hall–Kier alpha value is -2.75. The number of benzene rings is 4. The van der Waals surface area contributed by atoms with Gasteiger partial charge in [-0.3, -0.25) is 0 Å². The first-order chi connectivity index (χ1) is 21.3. The Kier molecular flexibility index (Phi) is 8.83. The summed E-state index contributed by atoms with van der Waals surface area (Å²) < 4.78 is 96.1. The average molecular weight is 702 g/mol. The van der Waals surface area contributed by atoms with Gasteiger partial charge >= 0.3 is 0 Å². The monoisotopic (exact) mass is 701 g/mol. The van der Waals surface area contributed by atoms with Gasteiger partial charge in [0, 0.05) is 80.7 Å². The first-order valence-electron chi connectivity index (χ1n) is 13.8. The van der Waals surface area contributed by atoms with Crippen LogP contribution >= 0.6 is 0 Å². The van der Waals surface area contributed by atoms with Crippen molar-refractivity contribution >= 4 is 62.4 Å². The van der Waals surface area contributed by atoms with Crippen LogP contribution in [-0.2, 0) is 34.8 Å². The minimum atomic E-state index is -4.26. The van der Waals surface area contributed by atoms with E-state index >= 15 is 0 Å². The smallest absolute Gasteiger partial charge is 0.243 e. The second-order valence-corrected chi connectivity index (χ2v) is 17.9. The van der Waals surface area contributed by atoms with E-state index in [0.717, 1.165) is 19.0 Å². The molecule has 1 heterocycles. The predicted molar refractivity (Wildman–Crippen MR) is 167 cm³/mol. The van der Waals surface area contributed by atoms with Crippen LogP contribution < -0.4 is 4.74 Å². The topological polar surface area (TPSA) is 212 Å². The Balaban J connectivity index is 1.96. The van der Waals surface area contributed by atoms with E-state index in [2.05, 4.69) is 0 Å². The number of aliphatic hydroxyl groups is 4. The van der Waals surface area contributed by atoms with E-state index < -0.39 is 67.4 Å². The summed E-state index contributed by atoms with van der Waals surface area (Å²) in [6.45, 7) is -0.740. The molecule has 5 rings (SSSR count). The highest BCUT2D eigenvalue weighted by molar-refractivity contribution is 7.90. The molecule has 18 heteroatoms. The molecule has 4 aromatic rings. The molecule has 15 nitrogen and oxygen atoms in total. The average Bonchev–Trinajstić information content (AvgIpc) is 2.99. The number of nitrogens with zero attached hydrogens (tertiary/aromatic N) is 3. The molecule has 0 bridgehead atoms. The van der Waals surface area contributed by atoms with Gasteiger partial charge in [0.25, 0.3) is 0 Å². The summed E-state index contributed by atoms with van der Waals surface area (Å²) in [4.78, 5) is -0.967. The maximum atomic E-state index is 13.7. The third kappa shape index (κ3) is 5.21. The van der Waals surface area contributed by atoms with Crippen molar-refractivity contribution in [2.75, 3.05) is 48.9 Å². The molecular formula is C28H35N3O12S3. The molecule has 0 spiro atoms. The standard InChI is InChI=1S/C28H35N3O12S3/c1-29(2)44(36,37)20-11-18(42-28-27(35)26(34)25(33)19(13-32)43-28)14-7-8-16-21(45(38,39)30(3)4)12-22(46(40,41)31(5)6)17-10-9-15(20)23(14)24(16)17/h7-12,19,25-28,32-35H,13H2,1-6H3/t19-,25+,26+,27-,28-/m1/s1. The molecule has 1 aliphatic heterocycles. The lowest BCUT2D eigenvalue weighted by Gasteiger charge is -2.39. The zero-order chi connectivity index (χ0) is 34.3. The van der Waals surface area contributed by atoms with Gasteiger partial charge in [-0.05, 0) is 12.1 Å². The van der Waals surface area contributed by atoms with Gasteiger partial charge < -0.3 is 29.9 Å². The van der Waals surface area contributed by atoms with Gasteiger partial charge in [0.2, 0.25) is 36.4 Å². The van der Waals surface area contributed by atoms with Gasteiger partial charge in [0.05, 0.1) is 21.3 Å². The first-order valence-corrected chi connectivity index (χ1v) is 18.1. The molecule has 5 atom stereocenters. The lowest BCUT2D eigenvalue weighted by Crippen LogP contribution is -2.60. The molecule has 4 N–H and O–H groups in total. The molecule has 0 radical (unpaired) electrons. The van der Waals surface area contributed by atoms with Crippen LogP contribution in [0.5, 0.6) is 5.75 Å². The lowest BCUT2D eigenvalue weighted by atomic mass is 9.93. The molecule has 46 heavy (non-hydrogen) atoms. The molecule has 252 valence electrons. The largest absolute Gasteiger partial charge is 0.461 e. The quantitative estimate of drug-likeness (QED) is 0.163. The Morgan fingerprint density at radius 1 is 0.630 bits per heavy atom. The van der Waals surface area contributed by atoms with Crippen LogP contribution in [0.1, 0.15) is 0 Å². The van der Waals surface area contributed by atoms with E-state index in [4.69, 9.17) is 9.47 Å². The zero-order valence-electron chi connectivity index (χ0n) is 25.7. The van der Waals surface area contributed by atoms with Gasteiger partial charge in [-0.1, -0.05) is 18.2 Å². The van der Waals surface area contributed by atoms with E-state index in [-0.39, 0.29) is 52.8 Å². The molecule has 0 saturated carbocycles. The van der Waals surface area contributed by atoms with Crippen LogP contribution in [0, 0.1) is 0 Å². The summed E-state index contributed by atoms with van der Waals surface area (Å²) in [5.74, 6) is -0.190. The van der Waals surface area contributed by atoms with E-state index in [1.807, 2.05) is 0 Å². The summed E-state index contributed by atoms with van der Waals surface area (Å²) in [5.41, 5.74) is 0. The highest BCUT2D eigenvalue weighted by Crippen LogP contribution is 2.46. The van der Waals surface area contributed by atoms with Crippen molar-refractivity contribution in [1.82, 2.24) is 12.9 Å². The van der Waals surface area contributed by atoms with Crippen molar-refractivity contribution in [3.8, 4) is 5.75 Å². The van der Waals surface area contributed by atoms with Gasteiger partial charge in [-0.15, -0.1) is 0 Å². The molecule has 0 unspecified atom stereocenters. The SMILES string of the molecule is CN(C)S(=O)(=O)c1cc(O[C@@H]2O[C@H](CO)[C@H](O)[C@H](O)[C@H]2O)c2ccc3c(S(=O)(=O)N(C)C)cc(S(=O)(=O)N(C)C)c4ccc1c2c34. The van der Waals surface area contributed by atoms with Gasteiger partial charge in [0.1, 0.15) is 30.2 Å². The number of hydrogen-bond acceptors (Lipinski definition) is 12. The zero-order valence-corrected chi connectivity index (χ0v) is 28.1. The maximum absolute atomic E-state index is 13.7. The van der Waals surface area contributed by atoms with Crippen LogP contribution in [0.15, 0.2) is 51.1 Å². The highest BCUT2D eigenvalue weighted by atomic mass is 32.2. The highest BCUT2D eigenvalue weighted by Gasteiger charge is 2.45. The maximum Gasteiger partial charge on any atom is 0.243 e. The Bertz CT molecular complexity index is 2090. The van der Waals surface area contributed by atoms with Gasteiger partial charge in [-0.25, -0.2) is 38.2 Å². The Labute approximate surface area is 266 Å². The first kappa shape index (κ1) is 34.6. The number of aliphatic hydroxyl groups excluding tert-OH is 4. The van der Waals surface area contributed by atoms with Crippen molar-refractivity contribution in [2.45, 2.75) is 45.4 Å². The Morgan fingerprint density at radius 3 is 1.43 bits per heavy atom. The van der Waals surface area contributed by atoms with Crippen molar-refractivity contribution < 1.29 is 55.2 Å². The molecule has 1 fully saturated rings. The van der Waals surface area contributed by atoms with Gasteiger partial charge in [0.15, 0.2) is 0 Å². The molecule has 0 amide bonds. The van der Waals surface area contributed by atoms with Crippen LogP contribution in [0.25, 0.3) is 32.3 Å². The van der Waals surface area contributed by atoms with Crippen LogP contribution in [0.3, 0.4) is 0 Å². The van der Waals surface area contributed by atoms with Gasteiger partial charge in [-0.2, -0.15) is 0 Å². The van der Waals surface area contributed by atoms with Crippen LogP contribution in [0.2, 0.25) is 0 Å². The lowest BCUT2D eigenvalue weighted by molar-refractivity contribution is -0.277. The summed E-state index contributed by atoms with van der Waals surface area (Å²) in [6, 6.07) is 7.99.